The van der Waals surface area contributed by atoms with Crippen molar-refractivity contribution >= 4 is 17.2 Å². The number of hydrogen-bond donors (Lipinski definition) is 1. The number of aromatic nitrogens is 1. The van der Waals surface area contributed by atoms with E-state index in [1.807, 2.05) is 41.5 Å². The van der Waals surface area contributed by atoms with Gasteiger partial charge in [-0.25, -0.2) is 4.98 Å². The van der Waals surface area contributed by atoms with Crippen LogP contribution in [0.1, 0.15) is 30.3 Å². The molecule has 1 fully saturated rings. The Morgan fingerprint density at radius 2 is 2.00 bits per heavy atom. The maximum absolute atomic E-state index is 12.6. The van der Waals surface area contributed by atoms with Gasteiger partial charge in [-0.05, 0) is 49.9 Å². The normalized spacial score (nSPS) is 16.9. The third-order valence-electron chi connectivity index (χ3n) is 4.63. The van der Waals surface area contributed by atoms with Crippen LogP contribution in [0.2, 0.25) is 0 Å². The fourth-order valence-electron chi connectivity index (χ4n) is 3.03. The lowest BCUT2D eigenvalue weighted by molar-refractivity contribution is 0.0676. The van der Waals surface area contributed by atoms with Crippen LogP contribution in [0.4, 0.5) is 0 Å². The number of nitrogens with zero attached hydrogens (tertiary/aromatic N) is 2. The number of methoxy groups -OCH3 is 1. The van der Waals surface area contributed by atoms with Gasteiger partial charge in [0, 0.05) is 30.1 Å². The number of benzene rings is 1. The highest BCUT2D eigenvalue weighted by Gasteiger charge is 2.26. The number of carbonyl (C=O) groups is 1. The molecule has 0 aliphatic carbocycles. The molecule has 1 aromatic carbocycles. The van der Waals surface area contributed by atoms with E-state index in [9.17, 15) is 4.79 Å². The van der Waals surface area contributed by atoms with Gasteiger partial charge in [0.05, 0.1) is 7.11 Å². The van der Waals surface area contributed by atoms with Crippen LogP contribution in [0.5, 0.6) is 5.75 Å². The first-order valence-corrected chi connectivity index (χ1v) is 9.11. The average Bonchev–Trinajstić information content (AvgIpc) is 3.11. The van der Waals surface area contributed by atoms with Gasteiger partial charge in [-0.15, -0.1) is 11.3 Å². The Bertz CT molecular complexity index is 689. The molecule has 1 aromatic heterocycles. The quantitative estimate of drug-likeness (QED) is 0.925. The molecule has 1 atom stereocenters. The fourth-order valence-corrected chi connectivity index (χ4v) is 3.83. The summed E-state index contributed by atoms with van der Waals surface area (Å²) in [5.41, 5.74) is 7.49. The van der Waals surface area contributed by atoms with E-state index in [0.29, 0.717) is 11.6 Å². The number of carbonyl (C=O) groups excluding carboxylic acids is 1. The molecule has 0 radical (unpaired) electrons. The van der Waals surface area contributed by atoms with Crippen LogP contribution in [0, 0.1) is 5.92 Å². The first-order chi connectivity index (χ1) is 11.6. The standard InChI is InChI=1S/C18H23N3O2S/c1-12(19)13-7-9-21(10-8-13)18(22)16-11-24-17(20-16)14-3-5-15(23-2)6-4-14/h3-6,11-13H,7-10,19H2,1-2H3. The Kier molecular flexibility index (Phi) is 5.16. The largest absolute Gasteiger partial charge is 0.497 e. The summed E-state index contributed by atoms with van der Waals surface area (Å²) in [6.07, 6.45) is 1.94. The molecule has 2 aromatic rings. The van der Waals surface area contributed by atoms with Gasteiger partial charge >= 0.3 is 0 Å². The summed E-state index contributed by atoms with van der Waals surface area (Å²) in [6, 6.07) is 7.91. The molecule has 0 bridgehead atoms. The number of nitrogens with two attached hydrogens (primary N) is 1. The van der Waals surface area contributed by atoms with Crippen molar-refractivity contribution in [2.75, 3.05) is 20.2 Å². The Labute approximate surface area is 146 Å². The molecule has 0 spiro atoms. The maximum atomic E-state index is 12.6. The SMILES string of the molecule is COc1ccc(-c2nc(C(=O)N3CCC(C(C)N)CC3)cs2)cc1. The van der Waals surface area contributed by atoms with Crippen molar-refractivity contribution in [1.82, 2.24) is 9.88 Å². The lowest BCUT2D eigenvalue weighted by Gasteiger charge is -2.33. The van der Waals surface area contributed by atoms with E-state index in [1.54, 1.807) is 7.11 Å². The average molecular weight is 345 g/mol. The van der Waals surface area contributed by atoms with Crippen LogP contribution in [0.3, 0.4) is 0 Å². The second kappa shape index (κ2) is 7.32. The van der Waals surface area contributed by atoms with Crippen LogP contribution in [-0.2, 0) is 0 Å². The van der Waals surface area contributed by atoms with Crippen molar-refractivity contribution < 1.29 is 9.53 Å². The van der Waals surface area contributed by atoms with Gasteiger partial charge in [-0.2, -0.15) is 0 Å². The van der Waals surface area contributed by atoms with Crippen LogP contribution in [-0.4, -0.2) is 42.0 Å². The zero-order valence-electron chi connectivity index (χ0n) is 14.1. The molecule has 1 amide bonds. The molecular formula is C18H23N3O2S. The van der Waals surface area contributed by atoms with Gasteiger partial charge in [-0.3, -0.25) is 4.79 Å². The molecule has 6 heteroatoms. The summed E-state index contributed by atoms with van der Waals surface area (Å²) >= 11 is 1.49. The van der Waals surface area contributed by atoms with E-state index >= 15 is 0 Å². The molecule has 2 N–H and O–H groups in total. The number of thiazole rings is 1. The van der Waals surface area contributed by atoms with Gasteiger partial charge in [0.15, 0.2) is 0 Å². The van der Waals surface area contributed by atoms with Crippen molar-refractivity contribution in [2.24, 2.45) is 11.7 Å². The Hall–Kier alpha value is -1.92. The number of rotatable bonds is 4. The van der Waals surface area contributed by atoms with Crippen LogP contribution in [0.25, 0.3) is 10.6 Å². The van der Waals surface area contributed by atoms with Crippen molar-refractivity contribution in [3.63, 3.8) is 0 Å². The number of amides is 1. The zero-order chi connectivity index (χ0) is 17.1. The van der Waals surface area contributed by atoms with Crippen LogP contribution >= 0.6 is 11.3 Å². The van der Waals surface area contributed by atoms with Crippen LogP contribution in [0.15, 0.2) is 29.6 Å². The van der Waals surface area contributed by atoms with Crippen molar-refractivity contribution in [3.05, 3.63) is 35.3 Å². The zero-order valence-corrected chi connectivity index (χ0v) is 14.9. The Morgan fingerprint density at radius 1 is 1.33 bits per heavy atom. The van der Waals surface area contributed by atoms with E-state index in [-0.39, 0.29) is 11.9 Å². The fraction of sp³-hybridized carbons (Fsp3) is 0.444. The maximum Gasteiger partial charge on any atom is 0.273 e. The summed E-state index contributed by atoms with van der Waals surface area (Å²) in [5.74, 6) is 1.34. The summed E-state index contributed by atoms with van der Waals surface area (Å²) in [6.45, 7) is 3.57. The summed E-state index contributed by atoms with van der Waals surface area (Å²) < 4.78 is 5.17. The molecule has 2 heterocycles. The molecule has 3 rings (SSSR count). The van der Waals surface area contributed by atoms with E-state index in [0.717, 1.165) is 42.3 Å². The first-order valence-electron chi connectivity index (χ1n) is 8.23. The van der Waals surface area contributed by atoms with Crippen LogP contribution < -0.4 is 10.5 Å². The van der Waals surface area contributed by atoms with Crippen molar-refractivity contribution in [2.45, 2.75) is 25.8 Å². The Balaban J connectivity index is 1.67. The number of hydrogen-bond acceptors (Lipinski definition) is 5. The minimum atomic E-state index is 0.0223. The highest BCUT2D eigenvalue weighted by molar-refractivity contribution is 7.13. The molecule has 1 aliphatic rings. The minimum absolute atomic E-state index is 0.0223. The highest BCUT2D eigenvalue weighted by Crippen LogP contribution is 2.27. The predicted octanol–water partition coefficient (Wildman–Crippen LogP) is 3.02. The highest BCUT2D eigenvalue weighted by atomic mass is 32.1. The third kappa shape index (κ3) is 3.60. The van der Waals surface area contributed by atoms with Crippen molar-refractivity contribution in [1.29, 1.82) is 0 Å². The molecule has 0 saturated carbocycles. The molecule has 5 nitrogen and oxygen atoms in total. The molecule has 128 valence electrons. The number of likely N-dealkylation sites (tertiary alicyclic amines) is 1. The molecule has 1 saturated heterocycles. The summed E-state index contributed by atoms with van der Waals surface area (Å²) in [4.78, 5) is 19.1. The lowest BCUT2D eigenvalue weighted by Crippen LogP contribution is -2.42. The molecular weight excluding hydrogens is 322 g/mol. The number of ether oxygens (including phenoxy) is 1. The number of piperidine rings is 1. The van der Waals surface area contributed by atoms with Gasteiger partial charge in [0.1, 0.15) is 16.5 Å². The van der Waals surface area contributed by atoms with E-state index in [1.165, 1.54) is 11.3 Å². The summed E-state index contributed by atoms with van der Waals surface area (Å²) in [5, 5.41) is 2.70. The van der Waals surface area contributed by atoms with Crippen molar-refractivity contribution in [3.8, 4) is 16.3 Å². The van der Waals surface area contributed by atoms with E-state index in [4.69, 9.17) is 10.5 Å². The third-order valence-corrected chi connectivity index (χ3v) is 5.52. The van der Waals surface area contributed by atoms with Gasteiger partial charge in [0.25, 0.3) is 5.91 Å². The monoisotopic (exact) mass is 345 g/mol. The predicted molar refractivity (Wildman–Crippen MR) is 96.4 cm³/mol. The lowest BCUT2D eigenvalue weighted by atomic mass is 9.91. The second-order valence-electron chi connectivity index (χ2n) is 6.26. The van der Waals surface area contributed by atoms with Gasteiger partial charge in [-0.1, -0.05) is 0 Å². The minimum Gasteiger partial charge on any atom is -0.497 e. The molecule has 1 unspecified atom stereocenters. The summed E-state index contributed by atoms with van der Waals surface area (Å²) in [7, 11) is 1.64. The topological polar surface area (TPSA) is 68.5 Å². The van der Waals surface area contributed by atoms with Gasteiger partial charge in [0.2, 0.25) is 0 Å². The molecule has 24 heavy (non-hydrogen) atoms. The molecule has 1 aliphatic heterocycles. The first kappa shape index (κ1) is 16.9. The van der Waals surface area contributed by atoms with Gasteiger partial charge < -0.3 is 15.4 Å². The Morgan fingerprint density at radius 3 is 2.58 bits per heavy atom. The second-order valence-corrected chi connectivity index (χ2v) is 7.11. The van der Waals surface area contributed by atoms with E-state index < -0.39 is 0 Å². The van der Waals surface area contributed by atoms with E-state index in [2.05, 4.69) is 4.98 Å². The smallest absolute Gasteiger partial charge is 0.273 e.